The fourth-order valence-electron chi connectivity index (χ4n) is 2.22. The zero-order chi connectivity index (χ0) is 14.8. The Kier molecular flexibility index (Phi) is 5.23. The summed E-state index contributed by atoms with van der Waals surface area (Å²) in [7, 11) is -3.28. The second-order valence-electron chi connectivity index (χ2n) is 5.52. The fraction of sp³-hybridized carbons (Fsp3) is 0.714. The predicted molar refractivity (Wildman–Crippen MR) is 83.7 cm³/mol. The topological polar surface area (TPSA) is 49.4 Å². The van der Waals surface area contributed by atoms with Gasteiger partial charge in [-0.2, -0.15) is 4.31 Å². The normalized spacial score (nSPS) is 16.2. The lowest BCUT2D eigenvalue weighted by Crippen LogP contribution is -2.32. The number of thiophene rings is 1. The molecule has 1 saturated carbocycles. The van der Waals surface area contributed by atoms with Crippen LogP contribution in [0, 0.1) is 0 Å². The summed E-state index contributed by atoms with van der Waals surface area (Å²) in [6.07, 6.45) is 2.89. The molecule has 20 heavy (non-hydrogen) atoms. The lowest BCUT2D eigenvalue weighted by Gasteiger charge is -2.18. The Hall–Kier alpha value is -0.430. The zero-order valence-corrected chi connectivity index (χ0v) is 14.1. The van der Waals surface area contributed by atoms with Gasteiger partial charge < -0.3 is 5.32 Å². The summed E-state index contributed by atoms with van der Waals surface area (Å²) >= 11 is 1.41. The van der Waals surface area contributed by atoms with Crippen molar-refractivity contribution in [1.29, 1.82) is 0 Å². The van der Waals surface area contributed by atoms with Crippen molar-refractivity contribution in [2.45, 2.75) is 56.3 Å². The van der Waals surface area contributed by atoms with Crippen molar-refractivity contribution in [2.24, 2.45) is 0 Å². The molecule has 0 atom stereocenters. The largest absolute Gasteiger partial charge is 0.314 e. The SMILES string of the molecule is CCN(C1CC1)S(=O)(=O)c1ccc(CCNC(C)C)s1. The van der Waals surface area contributed by atoms with Crippen molar-refractivity contribution in [1.82, 2.24) is 9.62 Å². The average molecular weight is 316 g/mol. The van der Waals surface area contributed by atoms with Gasteiger partial charge in [-0.1, -0.05) is 20.8 Å². The van der Waals surface area contributed by atoms with Crippen molar-refractivity contribution < 1.29 is 8.42 Å². The van der Waals surface area contributed by atoms with Crippen molar-refractivity contribution in [3.8, 4) is 0 Å². The van der Waals surface area contributed by atoms with Crippen LogP contribution in [0.25, 0.3) is 0 Å². The van der Waals surface area contributed by atoms with Gasteiger partial charge in [-0.05, 0) is 31.4 Å². The molecule has 1 fully saturated rings. The maximum absolute atomic E-state index is 12.6. The molecule has 1 aliphatic rings. The van der Waals surface area contributed by atoms with Crippen LogP contribution in [0.3, 0.4) is 0 Å². The summed E-state index contributed by atoms with van der Waals surface area (Å²) < 4.78 is 27.3. The number of hydrogen-bond acceptors (Lipinski definition) is 4. The fourth-order valence-corrected chi connectivity index (χ4v) is 5.40. The molecule has 6 heteroatoms. The molecule has 114 valence electrons. The summed E-state index contributed by atoms with van der Waals surface area (Å²) in [5.41, 5.74) is 0. The van der Waals surface area contributed by atoms with Crippen molar-refractivity contribution >= 4 is 21.4 Å². The van der Waals surface area contributed by atoms with Gasteiger partial charge in [0.1, 0.15) is 4.21 Å². The van der Waals surface area contributed by atoms with Crippen LogP contribution < -0.4 is 5.32 Å². The molecule has 1 aromatic rings. The Morgan fingerprint density at radius 3 is 2.65 bits per heavy atom. The molecular weight excluding hydrogens is 292 g/mol. The third-order valence-electron chi connectivity index (χ3n) is 3.39. The molecule has 0 unspecified atom stereocenters. The van der Waals surface area contributed by atoms with Crippen molar-refractivity contribution in [3.63, 3.8) is 0 Å². The smallest absolute Gasteiger partial charge is 0.252 e. The Labute approximate surface area is 126 Å². The molecule has 0 saturated heterocycles. The Balaban J connectivity index is 2.03. The van der Waals surface area contributed by atoms with Gasteiger partial charge in [0.25, 0.3) is 10.0 Å². The van der Waals surface area contributed by atoms with E-state index < -0.39 is 10.0 Å². The zero-order valence-electron chi connectivity index (χ0n) is 12.4. The van der Waals surface area contributed by atoms with E-state index in [1.54, 1.807) is 10.4 Å². The van der Waals surface area contributed by atoms with Crippen molar-refractivity contribution in [2.75, 3.05) is 13.1 Å². The van der Waals surface area contributed by atoms with Gasteiger partial charge in [-0.25, -0.2) is 8.42 Å². The van der Waals surface area contributed by atoms with E-state index in [0.29, 0.717) is 16.8 Å². The van der Waals surface area contributed by atoms with Gasteiger partial charge in [-0.3, -0.25) is 0 Å². The maximum Gasteiger partial charge on any atom is 0.252 e. The van der Waals surface area contributed by atoms with Crippen LogP contribution in [0.2, 0.25) is 0 Å². The monoisotopic (exact) mass is 316 g/mol. The summed E-state index contributed by atoms with van der Waals surface area (Å²) in [5.74, 6) is 0. The highest BCUT2D eigenvalue weighted by molar-refractivity contribution is 7.91. The van der Waals surface area contributed by atoms with Gasteiger partial charge in [0.05, 0.1) is 0 Å². The molecule has 1 heterocycles. The summed E-state index contributed by atoms with van der Waals surface area (Å²) in [5, 5.41) is 3.35. The maximum atomic E-state index is 12.6. The molecule has 0 bridgehead atoms. The summed E-state index contributed by atoms with van der Waals surface area (Å²) in [6, 6.07) is 4.40. The third kappa shape index (κ3) is 3.81. The molecule has 1 aliphatic carbocycles. The lowest BCUT2D eigenvalue weighted by atomic mass is 10.3. The van der Waals surface area contributed by atoms with Gasteiger partial charge in [0.15, 0.2) is 0 Å². The highest BCUT2D eigenvalue weighted by Crippen LogP contribution is 2.34. The summed E-state index contributed by atoms with van der Waals surface area (Å²) in [6.45, 7) is 7.59. The minimum Gasteiger partial charge on any atom is -0.314 e. The van der Waals surface area contributed by atoms with Crippen LogP contribution in [0.1, 0.15) is 38.5 Å². The standard InChI is InChI=1S/C14H24N2O2S2/c1-4-16(12-5-6-12)20(17,18)14-8-7-13(19-14)9-10-15-11(2)3/h7-8,11-12,15H,4-6,9-10H2,1-3H3. The number of nitrogens with one attached hydrogen (secondary N) is 1. The van der Waals surface area contributed by atoms with Gasteiger partial charge in [0, 0.05) is 30.1 Å². The predicted octanol–water partition coefficient (Wildman–Crippen LogP) is 2.46. The van der Waals surface area contributed by atoms with Crippen LogP contribution in [-0.4, -0.2) is 37.9 Å². The molecule has 0 radical (unpaired) electrons. The number of hydrogen-bond donors (Lipinski definition) is 1. The molecule has 1 aromatic heterocycles. The van der Waals surface area contributed by atoms with Crippen LogP contribution in [0.4, 0.5) is 0 Å². The van der Waals surface area contributed by atoms with Crippen molar-refractivity contribution in [3.05, 3.63) is 17.0 Å². The Morgan fingerprint density at radius 2 is 2.10 bits per heavy atom. The quantitative estimate of drug-likeness (QED) is 0.801. The van der Waals surface area contributed by atoms with Crippen LogP contribution >= 0.6 is 11.3 Å². The van der Waals surface area contributed by atoms with E-state index in [1.807, 2.05) is 13.0 Å². The van der Waals surface area contributed by atoms with Gasteiger partial charge in [0.2, 0.25) is 0 Å². The van der Waals surface area contributed by atoms with Crippen LogP contribution in [0.15, 0.2) is 16.3 Å². The second-order valence-corrected chi connectivity index (χ2v) is 8.80. The molecule has 2 rings (SSSR count). The van der Waals surface area contributed by atoms with E-state index >= 15 is 0 Å². The van der Waals surface area contributed by atoms with E-state index in [1.165, 1.54) is 11.3 Å². The molecule has 0 amide bonds. The Morgan fingerprint density at radius 1 is 1.40 bits per heavy atom. The van der Waals surface area contributed by atoms with E-state index in [9.17, 15) is 8.42 Å². The minimum absolute atomic E-state index is 0.234. The van der Waals surface area contributed by atoms with E-state index in [-0.39, 0.29) is 6.04 Å². The number of nitrogens with zero attached hydrogens (tertiary/aromatic N) is 1. The third-order valence-corrected chi connectivity index (χ3v) is 7.03. The molecular formula is C14H24N2O2S2. The van der Waals surface area contributed by atoms with Gasteiger partial charge in [-0.15, -0.1) is 11.3 Å². The highest BCUT2D eigenvalue weighted by atomic mass is 32.2. The summed E-state index contributed by atoms with van der Waals surface area (Å²) in [4.78, 5) is 1.13. The highest BCUT2D eigenvalue weighted by Gasteiger charge is 2.37. The molecule has 0 aromatic carbocycles. The first-order chi connectivity index (χ1) is 9.45. The second kappa shape index (κ2) is 6.56. The molecule has 0 aliphatic heterocycles. The average Bonchev–Trinajstić information content (AvgIpc) is 3.06. The first-order valence-corrected chi connectivity index (χ1v) is 9.54. The Bertz CT molecular complexity index is 533. The van der Waals surface area contributed by atoms with Crippen LogP contribution in [-0.2, 0) is 16.4 Å². The van der Waals surface area contributed by atoms with Gasteiger partial charge >= 0.3 is 0 Å². The van der Waals surface area contributed by atoms with E-state index in [0.717, 1.165) is 30.7 Å². The lowest BCUT2D eigenvalue weighted by molar-refractivity contribution is 0.422. The molecule has 4 nitrogen and oxygen atoms in total. The van der Waals surface area contributed by atoms with E-state index in [2.05, 4.69) is 19.2 Å². The molecule has 1 N–H and O–H groups in total. The van der Waals surface area contributed by atoms with Crippen LogP contribution in [0.5, 0.6) is 0 Å². The van der Waals surface area contributed by atoms with E-state index in [4.69, 9.17) is 0 Å². The molecule has 0 spiro atoms. The number of rotatable bonds is 8. The first kappa shape index (κ1) is 15.9. The minimum atomic E-state index is -3.28. The number of sulfonamides is 1. The first-order valence-electron chi connectivity index (χ1n) is 7.29.